The molecule has 0 fully saturated rings. The van der Waals surface area contributed by atoms with Crippen molar-refractivity contribution in [3.05, 3.63) is 32.6 Å². The lowest BCUT2D eigenvalue weighted by Gasteiger charge is -1.90. The van der Waals surface area contributed by atoms with Gasteiger partial charge in [0, 0.05) is 4.70 Å². The van der Waals surface area contributed by atoms with Crippen LogP contribution in [-0.4, -0.2) is 0 Å². The van der Waals surface area contributed by atoms with Crippen LogP contribution in [0.4, 0.5) is 0 Å². The molecule has 0 aliphatic carbocycles. The van der Waals surface area contributed by atoms with Crippen LogP contribution in [0.3, 0.4) is 0 Å². The zero-order valence-corrected chi connectivity index (χ0v) is 7.59. The Morgan fingerprint density at radius 3 is 2.82 bits per heavy atom. The van der Waals surface area contributed by atoms with Gasteiger partial charge in [0.05, 0.1) is 4.70 Å². The van der Waals surface area contributed by atoms with Crippen molar-refractivity contribution in [2.24, 2.45) is 0 Å². The highest BCUT2D eigenvalue weighted by atomic mass is 32.2. The molecular weight excluding hydrogens is 176 g/mol. The molecule has 0 atom stereocenters. The summed E-state index contributed by atoms with van der Waals surface area (Å²) in [6.07, 6.45) is 0. The fourth-order valence-corrected chi connectivity index (χ4v) is 3.11. The SMILES string of the molecule is Cc1cccc2sc(=O)sc12. The second-order valence-corrected chi connectivity index (χ2v) is 4.61. The Kier molecular flexibility index (Phi) is 1.55. The third-order valence-electron chi connectivity index (χ3n) is 1.55. The van der Waals surface area contributed by atoms with Gasteiger partial charge in [-0.15, -0.1) is 0 Å². The van der Waals surface area contributed by atoms with E-state index in [9.17, 15) is 4.79 Å². The smallest absolute Gasteiger partial charge is 0.265 e. The molecule has 0 unspecified atom stereocenters. The second-order valence-electron chi connectivity index (χ2n) is 2.36. The lowest BCUT2D eigenvalue weighted by Crippen LogP contribution is -1.73. The molecule has 56 valence electrons. The van der Waals surface area contributed by atoms with Crippen LogP contribution in [0.25, 0.3) is 9.40 Å². The van der Waals surface area contributed by atoms with E-state index in [0.717, 1.165) is 9.40 Å². The highest BCUT2D eigenvalue weighted by Gasteiger charge is 2.00. The molecule has 3 heteroatoms. The summed E-state index contributed by atoms with van der Waals surface area (Å²) in [7, 11) is 0. The third-order valence-corrected chi connectivity index (χ3v) is 3.82. The first-order chi connectivity index (χ1) is 5.27. The monoisotopic (exact) mass is 182 g/mol. The van der Waals surface area contributed by atoms with Crippen molar-refractivity contribution in [2.45, 2.75) is 6.92 Å². The van der Waals surface area contributed by atoms with Gasteiger partial charge in [0.1, 0.15) is 0 Å². The van der Waals surface area contributed by atoms with E-state index in [1.807, 2.05) is 25.1 Å². The Hall–Kier alpha value is -0.670. The summed E-state index contributed by atoms with van der Waals surface area (Å²) in [6, 6.07) is 6.01. The van der Waals surface area contributed by atoms with E-state index in [0.29, 0.717) is 0 Å². The summed E-state index contributed by atoms with van der Waals surface area (Å²) in [5, 5.41) is 0. The fourth-order valence-electron chi connectivity index (χ4n) is 1.03. The average molecular weight is 182 g/mol. The molecule has 2 aromatic rings. The van der Waals surface area contributed by atoms with E-state index in [2.05, 4.69) is 0 Å². The maximum absolute atomic E-state index is 11.0. The predicted molar refractivity (Wildman–Crippen MR) is 50.7 cm³/mol. The van der Waals surface area contributed by atoms with Gasteiger partial charge < -0.3 is 0 Å². The van der Waals surface area contributed by atoms with Crippen LogP contribution in [0.1, 0.15) is 5.56 Å². The molecule has 0 amide bonds. The number of aryl methyl sites for hydroxylation is 1. The van der Waals surface area contributed by atoms with Crippen molar-refractivity contribution in [1.82, 2.24) is 0 Å². The normalized spacial score (nSPS) is 10.6. The molecule has 0 aliphatic heterocycles. The van der Waals surface area contributed by atoms with Gasteiger partial charge in [-0.3, -0.25) is 4.79 Å². The average Bonchev–Trinajstić information content (AvgIpc) is 2.31. The summed E-state index contributed by atoms with van der Waals surface area (Å²) < 4.78 is 2.44. The minimum atomic E-state index is 0.189. The van der Waals surface area contributed by atoms with Gasteiger partial charge in [0.15, 0.2) is 0 Å². The third kappa shape index (κ3) is 1.10. The van der Waals surface area contributed by atoms with Gasteiger partial charge in [0.25, 0.3) is 4.06 Å². The Labute approximate surface area is 71.9 Å². The van der Waals surface area contributed by atoms with Crippen LogP contribution in [0.2, 0.25) is 0 Å². The van der Waals surface area contributed by atoms with E-state index < -0.39 is 0 Å². The van der Waals surface area contributed by atoms with Crippen LogP contribution >= 0.6 is 22.7 Å². The molecule has 2 rings (SSSR count). The summed E-state index contributed by atoms with van der Waals surface area (Å²) >= 11 is 2.67. The first kappa shape index (κ1) is 7.00. The van der Waals surface area contributed by atoms with Gasteiger partial charge in [-0.05, 0) is 18.6 Å². The minimum absolute atomic E-state index is 0.189. The Morgan fingerprint density at radius 2 is 2.09 bits per heavy atom. The molecule has 1 nitrogen and oxygen atoms in total. The van der Waals surface area contributed by atoms with Crippen molar-refractivity contribution < 1.29 is 0 Å². The van der Waals surface area contributed by atoms with Gasteiger partial charge >= 0.3 is 0 Å². The van der Waals surface area contributed by atoms with Crippen molar-refractivity contribution >= 4 is 32.1 Å². The Bertz CT molecular complexity index is 439. The number of benzene rings is 1. The number of hydrogen-bond donors (Lipinski definition) is 0. The van der Waals surface area contributed by atoms with Crippen LogP contribution in [-0.2, 0) is 0 Å². The summed E-state index contributed by atoms with van der Waals surface area (Å²) in [5.74, 6) is 0. The maximum Gasteiger partial charge on any atom is 0.288 e. The molecule has 0 radical (unpaired) electrons. The van der Waals surface area contributed by atoms with Crippen LogP contribution in [0, 0.1) is 6.92 Å². The molecule has 0 N–H and O–H groups in total. The largest absolute Gasteiger partial charge is 0.288 e. The highest BCUT2D eigenvalue weighted by molar-refractivity contribution is 7.35. The maximum atomic E-state index is 11.0. The van der Waals surface area contributed by atoms with E-state index in [1.165, 1.54) is 28.2 Å². The topological polar surface area (TPSA) is 17.1 Å². The first-order valence-electron chi connectivity index (χ1n) is 3.26. The van der Waals surface area contributed by atoms with Crippen LogP contribution in [0.5, 0.6) is 0 Å². The van der Waals surface area contributed by atoms with Crippen LogP contribution < -0.4 is 4.06 Å². The van der Waals surface area contributed by atoms with Gasteiger partial charge in [-0.2, -0.15) is 0 Å². The standard InChI is InChI=1S/C8H6OS2/c1-5-3-2-4-6-7(5)11-8(9)10-6/h2-4H,1H3. The van der Waals surface area contributed by atoms with Gasteiger partial charge in [-0.25, -0.2) is 0 Å². The molecule has 0 spiro atoms. The Morgan fingerprint density at radius 1 is 1.27 bits per heavy atom. The van der Waals surface area contributed by atoms with Crippen molar-refractivity contribution in [1.29, 1.82) is 0 Å². The molecular formula is C8H6OS2. The lowest BCUT2D eigenvalue weighted by atomic mass is 10.2. The molecule has 0 bridgehead atoms. The summed E-state index contributed by atoms with van der Waals surface area (Å²) in [5.41, 5.74) is 1.20. The molecule has 0 saturated heterocycles. The molecule has 0 aliphatic rings. The van der Waals surface area contributed by atoms with Crippen LogP contribution in [0.15, 0.2) is 23.0 Å². The first-order valence-corrected chi connectivity index (χ1v) is 4.90. The quantitative estimate of drug-likeness (QED) is 0.612. The summed E-state index contributed by atoms with van der Waals surface area (Å²) in [6.45, 7) is 2.03. The molecule has 1 aromatic heterocycles. The van der Waals surface area contributed by atoms with E-state index in [1.54, 1.807) is 0 Å². The highest BCUT2D eigenvalue weighted by Crippen LogP contribution is 2.23. The molecule has 0 saturated carbocycles. The minimum Gasteiger partial charge on any atom is -0.265 e. The fraction of sp³-hybridized carbons (Fsp3) is 0.125. The molecule has 11 heavy (non-hydrogen) atoms. The van der Waals surface area contributed by atoms with Crippen molar-refractivity contribution in [3.63, 3.8) is 0 Å². The van der Waals surface area contributed by atoms with Crippen molar-refractivity contribution in [2.75, 3.05) is 0 Å². The van der Waals surface area contributed by atoms with E-state index in [4.69, 9.17) is 0 Å². The van der Waals surface area contributed by atoms with Gasteiger partial charge in [0.2, 0.25) is 0 Å². The number of fused-ring (bicyclic) bond motifs is 1. The van der Waals surface area contributed by atoms with Gasteiger partial charge in [-0.1, -0.05) is 34.8 Å². The van der Waals surface area contributed by atoms with E-state index >= 15 is 0 Å². The Balaban J connectivity index is 3.01. The molecule has 1 aromatic carbocycles. The zero-order chi connectivity index (χ0) is 7.84. The molecule has 1 heterocycles. The summed E-state index contributed by atoms with van der Waals surface area (Å²) in [4.78, 5) is 11.0. The van der Waals surface area contributed by atoms with Crippen molar-refractivity contribution in [3.8, 4) is 0 Å². The lowest BCUT2D eigenvalue weighted by molar-refractivity contribution is 1.56. The zero-order valence-electron chi connectivity index (χ0n) is 5.96. The van der Waals surface area contributed by atoms with E-state index in [-0.39, 0.29) is 4.06 Å². The number of rotatable bonds is 0. The number of hydrogen-bond acceptors (Lipinski definition) is 3. The second kappa shape index (κ2) is 2.43. The predicted octanol–water partition coefficient (Wildman–Crippen LogP) is 2.63.